The van der Waals surface area contributed by atoms with E-state index in [0.29, 0.717) is 24.1 Å². The minimum atomic E-state index is 0.0249. The van der Waals surface area contributed by atoms with Crippen molar-refractivity contribution in [2.24, 2.45) is 13.0 Å². The summed E-state index contributed by atoms with van der Waals surface area (Å²) >= 11 is 0. The molecule has 2 amide bonds. The second-order valence-corrected chi connectivity index (χ2v) is 8.30. The van der Waals surface area contributed by atoms with E-state index in [1.54, 1.807) is 4.68 Å². The quantitative estimate of drug-likeness (QED) is 0.774. The van der Waals surface area contributed by atoms with Crippen molar-refractivity contribution in [3.05, 3.63) is 17.5 Å². The highest BCUT2D eigenvalue weighted by molar-refractivity contribution is 5.92. The number of rotatable bonds is 7. The minimum absolute atomic E-state index is 0.0249. The Morgan fingerprint density at radius 1 is 1.21 bits per heavy atom. The number of carbonyl (C=O) groups is 2. The van der Waals surface area contributed by atoms with E-state index in [1.165, 1.54) is 12.8 Å². The van der Waals surface area contributed by atoms with E-state index in [4.69, 9.17) is 0 Å². The maximum atomic E-state index is 12.6. The Morgan fingerprint density at radius 2 is 1.96 bits per heavy atom. The molecule has 156 valence electrons. The van der Waals surface area contributed by atoms with Crippen molar-refractivity contribution < 1.29 is 9.59 Å². The highest BCUT2D eigenvalue weighted by Crippen LogP contribution is 2.23. The predicted molar refractivity (Wildman–Crippen MR) is 109 cm³/mol. The Hall–Kier alpha value is -1.89. The van der Waals surface area contributed by atoms with Crippen molar-refractivity contribution in [1.82, 2.24) is 24.9 Å². The van der Waals surface area contributed by atoms with Crippen LogP contribution in [-0.4, -0.2) is 70.2 Å². The molecule has 1 atom stereocenters. The molecular weight excluding hydrogens is 354 g/mol. The van der Waals surface area contributed by atoms with Crippen LogP contribution in [0, 0.1) is 12.8 Å². The van der Waals surface area contributed by atoms with Crippen LogP contribution < -0.4 is 5.32 Å². The molecule has 0 aliphatic carbocycles. The van der Waals surface area contributed by atoms with Crippen molar-refractivity contribution in [2.75, 3.05) is 32.7 Å². The van der Waals surface area contributed by atoms with E-state index < -0.39 is 0 Å². The first-order chi connectivity index (χ1) is 13.5. The van der Waals surface area contributed by atoms with Crippen LogP contribution >= 0.6 is 0 Å². The van der Waals surface area contributed by atoms with E-state index in [2.05, 4.69) is 22.2 Å². The second kappa shape index (κ2) is 9.54. The molecule has 2 aliphatic rings. The second-order valence-electron chi connectivity index (χ2n) is 8.30. The van der Waals surface area contributed by atoms with Gasteiger partial charge in [-0.25, -0.2) is 0 Å². The summed E-state index contributed by atoms with van der Waals surface area (Å²) in [6.45, 7) is 8.66. The SMILES string of the molecule is CCN1CCC[C@@H]1CNC(=O)CCC1CCN(C(=O)c2cc(C)n(C)n2)CC1. The van der Waals surface area contributed by atoms with Gasteiger partial charge in [0.2, 0.25) is 5.91 Å². The van der Waals surface area contributed by atoms with Crippen LogP contribution in [0.3, 0.4) is 0 Å². The van der Waals surface area contributed by atoms with Gasteiger partial charge in [0.15, 0.2) is 5.69 Å². The van der Waals surface area contributed by atoms with Crippen molar-refractivity contribution in [3.8, 4) is 0 Å². The molecule has 0 aromatic carbocycles. The van der Waals surface area contributed by atoms with Crippen LogP contribution in [0.2, 0.25) is 0 Å². The van der Waals surface area contributed by atoms with Crippen molar-refractivity contribution >= 4 is 11.8 Å². The molecule has 2 aliphatic heterocycles. The Kier molecular flexibility index (Phi) is 7.10. The largest absolute Gasteiger partial charge is 0.355 e. The number of carbonyl (C=O) groups excluding carboxylic acids is 2. The monoisotopic (exact) mass is 389 g/mol. The number of aromatic nitrogens is 2. The van der Waals surface area contributed by atoms with Crippen LogP contribution in [0.1, 0.15) is 61.6 Å². The summed E-state index contributed by atoms with van der Waals surface area (Å²) in [5.74, 6) is 0.723. The Balaban J connectivity index is 1.35. The van der Waals surface area contributed by atoms with Crippen LogP contribution in [0.25, 0.3) is 0 Å². The summed E-state index contributed by atoms with van der Waals surface area (Å²) in [6.07, 6.45) is 5.88. The molecule has 3 rings (SSSR count). The Morgan fingerprint density at radius 3 is 2.61 bits per heavy atom. The lowest BCUT2D eigenvalue weighted by Crippen LogP contribution is -2.40. The van der Waals surface area contributed by atoms with Gasteiger partial charge in [-0.15, -0.1) is 0 Å². The first-order valence-corrected chi connectivity index (χ1v) is 10.8. The summed E-state index contributed by atoms with van der Waals surface area (Å²) in [5, 5.41) is 7.43. The van der Waals surface area contributed by atoms with Crippen LogP contribution in [-0.2, 0) is 11.8 Å². The molecule has 0 radical (unpaired) electrons. The Labute approximate surface area is 168 Å². The van der Waals surface area contributed by atoms with Gasteiger partial charge in [0.05, 0.1) is 0 Å². The lowest BCUT2D eigenvalue weighted by Gasteiger charge is -2.31. The number of piperidine rings is 1. The minimum Gasteiger partial charge on any atom is -0.355 e. The van der Waals surface area contributed by atoms with E-state index in [9.17, 15) is 9.59 Å². The zero-order valence-electron chi connectivity index (χ0n) is 17.6. The van der Waals surface area contributed by atoms with Gasteiger partial charge in [0, 0.05) is 44.8 Å². The molecule has 3 heterocycles. The summed E-state index contributed by atoms with van der Waals surface area (Å²) in [6, 6.07) is 2.36. The fraction of sp³-hybridized carbons (Fsp3) is 0.762. The van der Waals surface area contributed by atoms with Gasteiger partial charge in [-0.1, -0.05) is 6.92 Å². The average Bonchev–Trinajstić information content (AvgIpc) is 3.30. The fourth-order valence-corrected chi connectivity index (χ4v) is 4.45. The summed E-state index contributed by atoms with van der Waals surface area (Å²) < 4.78 is 1.74. The smallest absolute Gasteiger partial charge is 0.274 e. The van der Waals surface area contributed by atoms with Crippen LogP contribution in [0.4, 0.5) is 0 Å². The van der Waals surface area contributed by atoms with E-state index >= 15 is 0 Å². The van der Waals surface area contributed by atoms with Crippen molar-refractivity contribution in [2.45, 2.75) is 58.4 Å². The normalized spacial score (nSPS) is 21.2. The maximum Gasteiger partial charge on any atom is 0.274 e. The third kappa shape index (κ3) is 5.13. The molecule has 1 N–H and O–H groups in total. The van der Waals surface area contributed by atoms with E-state index in [1.807, 2.05) is 24.9 Å². The van der Waals surface area contributed by atoms with Crippen molar-refractivity contribution in [3.63, 3.8) is 0 Å². The van der Waals surface area contributed by atoms with Crippen LogP contribution in [0.5, 0.6) is 0 Å². The summed E-state index contributed by atoms with van der Waals surface area (Å²) in [7, 11) is 1.86. The molecule has 28 heavy (non-hydrogen) atoms. The summed E-state index contributed by atoms with van der Waals surface area (Å²) in [4.78, 5) is 29.2. The lowest BCUT2D eigenvalue weighted by atomic mass is 9.92. The van der Waals surface area contributed by atoms with Crippen molar-refractivity contribution in [1.29, 1.82) is 0 Å². The zero-order valence-corrected chi connectivity index (χ0v) is 17.6. The molecule has 0 spiro atoms. The molecule has 0 unspecified atom stereocenters. The van der Waals surface area contributed by atoms with E-state index in [-0.39, 0.29) is 11.8 Å². The number of hydrogen-bond acceptors (Lipinski definition) is 4. The molecule has 1 aromatic heterocycles. The third-order valence-corrected chi connectivity index (χ3v) is 6.45. The van der Waals surface area contributed by atoms with Gasteiger partial charge in [0.1, 0.15) is 0 Å². The Bertz CT molecular complexity index is 659. The molecule has 0 saturated carbocycles. The number of hydrogen-bond donors (Lipinski definition) is 1. The number of nitrogens with one attached hydrogen (secondary N) is 1. The lowest BCUT2D eigenvalue weighted by molar-refractivity contribution is -0.121. The van der Waals surface area contributed by atoms with Crippen LogP contribution in [0.15, 0.2) is 6.07 Å². The zero-order chi connectivity index (χ0) is 20.1. The van der Waals surface area contributed by atoms with Gasteiger partial charge in [-0.05, 0) is 64.1 Å². The number of likely N-dealkylation sites (tertiary alicyclic amines) is 2. The molecule has 2 saturated heterocycles. The van der Waals surface area contributed by atoms with Gasteiger partial charge < -0.3 is 10.2 Å². The topological polar surface area (TPSA) is 70.5 Å². The summed E-state index contributed by atoms with van der Waals surface area (Å²) in [5.41, 5.74) is 1.52. The number of amides is 2. The highest BCUT2D eigenvalue weighted by Gasteiger charge is 2.26. The molecular formula is C21H35N5O2. The first-order valence-electron chi connectivity index (χ1n) is 10.8. The molecule has 0 bridgehead atoms. The number of likely N-dealkylation sites (N-methyl/N-ethyl adjacent to an activating group) is 1. The van der Waals surface area contributed by atoms with Gasteiger partial charge in [0.25, 0.3) is 5.91 Å². The highest BCUT2D eigenvalue weighted by atomic mass is 16.2. The fourth-order valence-electron chi connectivity index (χ4n) is 4.45. The molecule has 7 nitrogen and oxygen atoms in total. The van der Waals surface area contributed by atoms with Gasteiger partial charge >= 0.3 is 0 Å². The van der Waals surface area contributed by atoms with Gasteiger partial charge in [-0.2, -0.15) is 5.10 Å². The van der Waals surface area contributed by atoms with Gasteiger partial charge in [-0.3, -0.25) is 19.2 Å². The average molecular weight is 390 g/mol. The predicted octanol–water partition coefficient (Wildman–Crippen LogP) is 1.96. The first kappa shape index (κ1) is 20.8. The number of aryl methyl sites for hydroxylation is 2. The molecule has 7 heteroatoms. The standard InChI is InChI=1S/C21H35N5O2/c1-4-25-11-5-6-18(25)15-22-20(27)8-7-17-9-12-26(13-10-17)21(28)19-14-16(2)24(3)23-19/h14,17-18H,4-13,15H2,1-3H3,(H,22,27)/t18-/m1/s1. The molecule has 2 fully saturated rings. The number of nitrogens with zero attached hydrogens (tertiary/aromatic N) is 4. The van der Waals surface area contributed by atoms with E-state index in [0.717, 1.165) is 57.7 Å². The maximum absolute atomic E-state index is 12.6. The molecule has 1 aromatic rings. The third-order valence-electron chi connectivity index (χ3n) is 6.45.